The first-order chi connectivity index (χ1) is 18.1. The molecule has 2 aromatic carbocycles. The highest BCUT2D eigenvalue weighted by molar-refractivity contribution is 5.85. The Morgan fingerprint density at radius 2 is 1.97 bits per heavy atom. The molecule has 1 aliphatic heterocycles. The fourth-order valence-corrected chi connectivity index (χ4v) is 5.05. The average molecular weight is 495 g/mol. The monoisotopic (exact) mass is 494 g/mol. The van der Waals surface area contributed by atoms with E-state index < -0.39 is 0 Å². The van der Waals surface area contributed by atoms with Crippen molar-refractivity contribution in [2.45, 2.75) is 39.0 Å². The number of aromatic amines is 1. The molecule has 0 aliphatic carbocycles. The molecule has 190 valence electrons. The molecule has 0 saturated carbocycles. The van der Waals surface area contributed by atoms with Crippen LogP contribution in [0.3, 0.4) is 0 Å². The summed E-state index contributed by atoms with van der Waals surface area (Å²) in [6.45, 7) is 12.2. The number of pyridine rings is 1. The van der Waals surface area contributed by atoms with E-state index in [9.17, 15) is 0 Å². The molecule has 6 heteroatoms. The summed E-state index contributed by atoms with van der Waals surface area (Å²) in [5, 5.41) is 8.62. The SMILES string of the molecule is C=CC(=C)N1CCC[C@@H](CCCc2[nH]nc3nccc(Oc4ccc(Oc5ccccc5)cc4C)c23)C1. The molecule has 5 rings (SSSR count). The van der Waals surface area contributed by atoms with Gasteiger partial charge in [0.2, 0.25) is 0 Å². The summed E-state index contributed by atoms with van der Waals surface area (Å²) in [7, 11) is 0. The summed E-state index contributed by atoms with van der Waals surface area (Å²) < 4.78 is 12.4. The predicted molar refractivity (Wildman–Crippen MR) is 148 cm³/mol. The number of rotatable bonds is 10. The smallest absolute Gasteiger partial charge is 0.184 e. The normalized spacial score (nSPS) is 15.5. The number of hydrogen-bond donors (Lipinski definition) is 1. The summed E-state index contributed by atoms with van der Waals surface area (Å²) in [5.41, 5.74) is 3.78. The van der Waals surface area contributed by atoms with Crippen molar-refractivity contribution in [1.29, 1.82) is 0 Å². The molecule has 1 atom stereocenters. The Hall–Kier alpha value is -4.06. The van der Waals surface area contributed by atoms with Crippen molar-refractivity contribution in [1.82, 2.24) is 20.1 Å². The van der Waals surface area contributed by atoms with Gasteiger partial charge in [0.1, 0.15) is 23.0 Å². The van der Waals surface area contributed by atoms with Crippen molar-refractivity contribution in [3.05, 3.63) is 97.0 Å². The number of fused-ring (bicyclic) bond motifs is 1. The van der Waals surface area contributed by atoms with E-state index in [-0.39, 0.29) is 0 Å². The zero-order chi connectivity index (χ0) is 25.6. The van der Waals surface area contributed by atoms with E-state index in [4.69, 9.17) is 9.47 Å². The van der Waals surface area contributed by atoms with Crippen LogP contribution in [0, 0.1) is 12.8 Å². The number of nitrogens with one attached hydrogen (secondary N) is 1. The Labute approximate surface area is 218 Å². The van der Waals surface area contributed by atoms with Gasteiger partial charge in [-0.1, -0.05) is 31.4 Å². The average Bonchev–Trinajstić information content (AvgIpc) is 3.34. The van der Waals surface area contributed by atoms with Gasteiger partial charge < -0.3 is 14.4 Å². The Morgan fingerprint density at radius 3 is 2.78 bits per heavy atom. The van der Waals surface area contributed by atoms with E-state index in [0.29, 0.717) is 11.6 Å². The summed E-state index contributed by atoms with van der Waals surface area (Å²) in [5.74, 6) is 3.80. The first-order valence-corrected chi connectivity index (χ1v) is 13.0. The highest BCUT2D eigenvalue weighted by Gasteiger charge is 2.20. The van der Waals surface area contributed by atoms with E-state index >= 15 is 0 Å². The minimum absolute atomic E-state index is 0.674. The van der Waals surface area contributed by atoms with Crippen LogP contribution in [0.1, 0.15) is 36.9 Å². The van der Waals surface area contributed by atoms with Crippen LogP contribution < -0.4 is 9.47 Å². The third kappa shape index (κ3) is 5.85. The van der Waals surface area contributed by atoms with Gasteiger partial charge in [-0.25, -0.2) is 4.98 Å². The Bertz CT molecular complexity index is 1380. The number of allylic oxidation sites excluding steroid dienone is 1. The second kappa shape index (κ2) is 11.3. The highest BCUT2D eigenvalue weighted by Crippen LogP contribution is 2.35. The first-order valence-electron chi connectivity index (χ1n) is 13.0. The fourth-order valence-electron chi connectivity index (χ4n) is 5.05. The fraction of sp³-hybridized carbons (Fsp3) is 0.290. The van der Waals surface area contributed by atoms with Crippen LogP contribution in [-0.2, 0) is 6.42 Å². The first kappa shape index (κ1) is 24.6. The summed E-state index contributed by atoms with van der Waals surface area (Å²) >= 11 is 0. The lowest BCUT2D eigenvalue weighted by Crippen LogP contribution is -2.34. The minimum atomic E-state index is 0.674. The molecule has 1 fully saturated rings. The maximum Gasteiger partial charge on any atom is 0.184 e. The van der Waals surface area contributed by atoms with E-state index in [1.165, 1.54) is 19.3 Å². The molecule has 0 bridgehead atoms. The van der Waals surface area contributed by atoms with Gasteiger partial charge in [-0.05, 0) is 93.0 Å². The molecular formula is C31H34N4O2. The summed E-state index contributed by atoms with van der Waals surface area (Å²) in [6.07, 6.45) is 9.23. The summed E-state index contributed by atoms with van der Waals surface area (Å²) in [4.78, 5) is 6.82. The van der Waals surface area contributed by atoms with Crippen molar-refractivity contribution in [3.63, 3.8) is 0 Å². The molecule has 37 heavy (non-hydrogen) atoms. The number of para-hydroxylation sites is 1. The van der Waals surface area contributed by atoms with Gasteiger partial charge in [-0.15, -0.1) is 0 Å². The van der Waals surface area contributed by atoms with Crippen LogP contribution in [0.25, 0.3) is 11.0 Å². The molecule has 0 radical (unpaired) electrons. The van der Waals surface area contributed by atoms with E-state index in [0.717, 1.165) is 71.3 Å². The molecule has 0 unspecified atom stereocenters. The quantitative estimate of drug-likeness (QED) is 0.230. The lowest BCUT2D eigenvalue weighted by molar-refractivity contribution is 0.212. The van der Waals surface area contributed by atoms with Gasteiger partial charge in [0, 0.05) is 30.7 Å². The molecule has 0 amide bonds. The molecule has 2 aromatic heterocycles. The number of aryl methyl sites for hydroxylation is 2. The second-order valence-electron chi connectivity index (χ2n) is 9.70. The van der Waals surface area contributed by atoms with Crippen LogP contribution >= 0.6 is 0 Å². The number of piperidine rings is 1. The van der Waals surface area contributed by atoms with Gasteiger partial charge in [-0.3, -0.25) is 5.10 Å². The number of nitrogens with zero attached hydrogens (tertiary/aromatic N) is 3. The topological polar surface area (TPSA) is 63.3 Å². The number of likely N-dealkylation sites (tertiary alicyclic amines) is 1. The van der Waals surface area contributed by atoms with Gasteiger partial charge in [-0.2, -0.15) is 5.10 Å². The second-order valence-corrected chi connectivity index (χ2v) is 9.70. The molecule has 6 nitrogen and oxygen atoms in total. The molecule has 4 aromatic rings. The van der Waals surface area contributed by atoms with Crippen molar-refractivity contribution in [3.8, 4) is 23.0 Å². The number of ether oxygens (including phenoxy) is 2. The Kier molecular flexibility index (Phi) is 7.54. The molecule has 0 spiro atoms. The largest absolute Gasteiger partial charge is 0.457 e. The van der Waals surface area contributed by atoms with Gasteiger partial charge >= 0.3 is 0 Å². The number of H-pyrrole nitrogens is 1. The highest BCUT2D eigenvalue weighted by atomic mass is 16.5. The number of aromatic nitrogens is 3. The predicted octanol–water partition coefficient (Wildman–Crippen LogP) is 7.59. The zero-order valence-corrected chi connectivity index (χ0v) is 21.5. The van der Waals surface area contributed by atoms with Crippen molar-refractivity contribution < 1.29 is 9.47 Å². The van der Waals surface area contributed by atoms with Crippen LogP contribution in [0.2, 0.25) is 0 Å². The standard InChI is InChI=1S/C31H34N4O2/c1-4-23(3)35-19-9-11-24(21-35)10-8-14-27-30-29(17-18-32-31(30)34-33-27)37-28-16-15-26(20-22(28)2)36-25-12-6-5-7-13-25/h4-7,12-13,15-18,20,24H,1,3,8-11,14,19,21H2,2H3,(H,32,33,34)/t24-/m1/s1. The molecule has 1 N–H and O–H groups in total. The van der Waals surface area contributed by atoms with E-state index in [1.54, 1.807) is 6.20 Å². The molecule has 1 saturated heterocycles. The van der Waals surface area contributed by atoms with Gasteiger partial charge in [0.05, 0.1) is 5.39 Å². The molecule has 3 heterocycles. The van der Waals surface area contributed by atoms with E-state index in [2.05, 4.69) is 33.2 Å². The van der Waals surface area contributed by atoms with Gasteiger partial charge in [0.25, 0.3) is 0 Å². The van der Waals surface area contributed by atoms with Crippen LogP contribution in [0.4, 0.5) is 0 Å². The number of benzene rings is 2. The van der Waals surface area contributed by atoms with E-state index in [1.807, 2.05) is 67.6 Å². The number of hydrogen-bond acceptors (Lipinski definition) is 5. The van der Waals surface area contributed by atoms with Crippen LogP contribution in [-0.4, -0.2) is 33.2 Å². The maximum absolute atomic E-state index is 6.39. The molecule has 1 aliphatic rings. The minimum Gasteiger partial charge on any atom is -0.457 e. The zero-order valence-electron chi connectivity index (χ0n) is 21.5. The lowest BCUT2D eigenvalue weighted by Gasteiger charge is -2.34. The molecular weight excluding hydrogens is 460 g/mol. The lowest BCUT2D eigenvalue weighted by atomic mass is 9.92. The summed E-state index contributed by atoms with van der Waals surface area (Å²) in [6, 6.07) is 17.6. The van der Waals surface area contributed by atoms with Crippen LogP contribution in [0.15, 0.2) is 85.7 Å². The van der Waals surface area contributed by atoms with Gasteiger partial charge in [0.15, 0.2) is 5.65 Å². The van der Waals surface area contributed by atoms with Crippen molar-refractivity contribution >= 4 is 11.0 Å². The maximum atomic E-state index is 6.39. The third-order valence-corrected chi connectivity index (χ3v) is 7.04. The van der Waals surface area contributed by atoms with Crippen molar-refractivity contribution in [2.75, 3.05) is 13.1 Å². The van der Waals surface area contributed by atoms with Crippen LogP contribution in [0.5, 0.6) is 23.0 Å². The Morgan fingerprint density at radius 1 is 1.11 bits per heavy atom. The third-order valence-electron chi connectivity index (χ3n) is 7.04. The van der Waals surface area contributed by atoms with Crippen molar-refractivity contribution in [2.24, 2.45) is 5.92 Å². The Balaban J connectivity index is 1.26.